The lowest BCUT2D eigenvalue weighted by Crippen LogP contribution is -2.46. The Morgan fingerprint density at radius 3 is 2.00 bits per heavy atom. The predicted molar refractivity (Wildman–Crippen MR) is 119 cm³/mol. The van der Waals surface area contributed by atoms with Crippen molar-refractivity contribution >= 4 is 33.4 Å². The molecule has 0 unspecified atom stereocenters. The number of fused-ring (bicyclic) bond motifs is 2. The molecule has 0 spiro atoms. The Bertz CT molecular complexity index is 1180. The van der Waals surface area contributed by atoms with Crippen LogP contribution in [0.5, 0.6) is 5.75 Å². The van der Waals surface area contributed by atoms with E-state index in [2.05, 4.69) is 11.4 Å². The molecule has 3 N–H and O–H groups in total. The molecule has 4 aromatic carbocycles. The van der Waals surface area contributed by atoms with Gasteiger partial charge in [-0.25, -0.2) is 0 Å². The van der Waals surface area contributed by atoms with E-state index in [1.807, 2.05) is 72.8 Å². The fourth-order valence-electron chi connectivity index (χ4n) is 3.71. The average molecular weight is 398 g/mol. The standard InChI is InChI=1S/C25H22N2O3/c1-30-19-12-10-16(11-13-19)14-22(24(26)28)27-25(29)23-20-8-4-2-6-17(20)15-18-7-3-5-9-21(18)23/h2-13,15,22H,14H2,1H3,(H2,26,28)(H,27,29)/t22-/m1/s1. The molecule has 5 nitrogen and oxygen atoms in total. The van der Waals surface area contributed by atoms with E-state index in [1.54, 1.807) is 7.11 Å². The van der Waals surface area contributed by atoms with Gasteiger partial charge in [-0.1, -0.05) is 60.7 Å². The van der Waals surface area contributed by atoms with Gasteiger partial charge in [-0.05, 0) is 45.3 Å². The van der Waals surface area contributed by atoms with E-state index in [0.29, 0.717) is 12.0 Å². The molecule has 0 heterocycles. The molecule has 5 heteroatoms. The average Bonchev–Trinajstić information content (AvgIpc) is 2.77. The molecule has 2 amide bonds. The Hall–Kier alpha value is -3.86. The highest BCUT2D eigenvalue weighted by molar-refractivity contribution is 6.18. The summed E-state index contributed by atoms with van der Waals surface area (Å²) in [7, 11) is 1.59. The summed E-state index contributed by atoms with van der Waals surface area (Å²) in [6, 6.07) is 24.0. The molecule has 0 fully saturated rings. The molecule has 0 aliphatic rings. The number of rotatable bonds is 6. The van der Waals surface area contributed by atoms with Gasteiger partial charge in [-0.15, -0.1) is 0 Å². The molecule has 0 saturated heterocycles. The molecule has 0 radical (unpaired) electrons. The van der Waals surface area contributed by atoms with E-state index in [9.17, 15) is 9.59 Å². The van der Waals surface area contributed by atoms with Crippen molar-refractivity contribution in [2.75, 3.05) is 7.11 Å². The summed E-state index contributed by atoms with van der Waals surface area (Å²) < 4.78 is 5.16. The monoisotopic (exact) mass is 398 g/mol. The normalized spacial score (nSPS) is 11.9. The van der Waals surface area contributed by atoms with Crippen LogP contribution in [0, 0.1) is 0 Å². The van der Waals surface area contributed by atoms with Crippen molar-refractivity contribution in [2.24, 2.45) is 5.73 Å². The molecular weight excluding hydrogens is 376 g/mol. The van der Waals surface area contributed by atoms with Crippen LogP contribution in [-0.4, -0.2) is 25.0 Å². The van der Waals surface area contributed by atoms with Crippen molar-refractivity contribution in [2.45, 2.75) is 12.5 Å². The van der Waals surface area contributed by atoms with Gasteiger partial charge in [-0.3, -0.25) is 9.59 Å². The fraction of sp³-hybridized carbons (Fsp3) is 0.120. The second-order valence-corrected chi connectivity index (χ2v) is 7.17. The van der Waals surface area contributed by atoms with Crippen LogP contribution in [0.2, 0.25) is 0 Å². The predicted octanol–water partition coefficient (Wildman–Crippen LogP) is 3.83. The molecule has 0 bridgehead atoms. The van der Waals surface area contributed by atoms with Gasteiger partial charge in [0.1, 0.15) is 11.8 Å². The number of carbonyl (C=O) groups excluding carboxylic acids is 2. The first kappa shape index (κ1) is 19.5. The Kier molecular flexibility index (Phi) is 5.35. The molecule has 150 valence electrons. The van der Waals surface area contributed by atoms with Crippen molar-refractivity contribution in [3.63, 3.8) is 0 Å². The third kappa shape index (κ3) is 3.82. The Balaban J connectivity index is 1.70. The third-order valence-corrected chi connectivity index (χ3v) is 5.25. The highest BCUT2D eigenvalue weighted by Crippen LogP contribution is 2.28. The van der Waals surface area contributed by atoms with Crippen molar-refractivity contribution in [3.05, 3.63) is 90.0 Å². The number of methoxy groups -OCH3 is 1. The summed E-state index contributed by atoms with van der Waals surface area (Å²) in [5.41, 5.74) is 7.04. The molecule has 30 heavy (non-hydrogen) atoms. The van der Waals surface area contributed by atoms with Crippen LogP contribution in [0.3, 0.4) is 0 Å². The Morgan fingerprint density at radius 1 is 0.900 bits per heavy atom. The summed E-state index contributed by atoms with van der Waals surface area (Å²) in [6.07, 6.45) is 0.299. The lowest BCUT2D eigenvalue weighted by molar-refractivity contribution is -0.119. The number of carbonyl (C=O) groups is 2. The summed E-state index contributed by atoms with van der Waals surface area (Å²) in [5, 5.41) is 6.45. The van der Waals surface area contributed by atoms with Crippen LogP contribution in [0.15, 0.2) is 78.9 Å². The zero-order chi connectivity index (χ0) is 21.1. The molecule has 0 saturated carbocycles. The smallest absolute Gasteiger partial charge is 0.253 e. The third-order valence-electron chi connectivity index (χ3n) is 5.25. The maximum atomic E-state index is 13.3. The number of ether oxygens (including phenoxy) is 1. The fourth-order valence-corrected chi connectivity index (χ4v) is 3.71. The minimum atomic E-state index is -0.830. The first-order chi connectivity index (χ1) is 14.6. The topological polar surface area (TPSA) is 81.4 Å². The summed E-state index contributed by atoms with van der Waals surface area (Å²) in [5.74, 6) is -0.176. The first-order valence-corrected chi connectivity index (χ1v) is 9.70. The van der Waals surface area contributed by atoms with Gasteiger partial charge in [0.2, 0.25) is 5.91 Å². The highest BCUT2D eigenvalue weighted by atomic mass is 16.5. The van der Waals surface area contributed by atoms with Crippen molar-refractivity contribution in [1.29, 1.82) is 0 Å². The molecule has 1 atom stereocenters. The number of benzene rings is 4. The number of nitrogens with two attached hydrogens (primary N) is 1. The molecule has 4 aromatic rings. The van der Waals surface area contributed by atoms with Crippen molar-refractivity contribution < 1.29 is 14.3 Å². The van der Waals surface area contributed by atoms with Gasteiger partial charge >= 0.3 is 0 Å². The van der Waals surface area contributed by atoms with Crippen molar-refractivity contribution in [3.8, 4) is 5.75 Å². The number of hydrogen-bond donors (Lipinski definition) is 2. The van der Waals surface area contributed by atoms with E-state index in [1.165, 1.54) is 0 Å². The summed E-state index contributed by atoms with van der Waals surface area (Å²) >= 11 is 0. The van der Waals surface area contributed by atoms with Gasteiger partial charge in [0.15, 0.2) is 0 Å². The largest absolute Gasteiger partial charge is 0.497 e. The van der Waals surface area contributed by atoms with Gasteiger partial charge < -0.3 is 15.8 Å². The van der Waals surface area contributed by atoms with Crippen LogP contribution < -0.4 is 15.8 Å². The number of hydrogen-bond acceptors (Lipinski definition) is 3. The van der Waals surface area contributed by atoms with Crippen molar-refractivity contribution in [1.82, 2.24) is 5.32 Å². The second-order valence-electron chi connectivity index (χ2n) is 7.17. The van der Waals surface area contributed by atoms with Crippen LogP contribution in [-0.2, 0) is 11.2 Å². The van der Waals surface area contributed by atoms with E-state index in [0.717, 1.165) is 32.9 Å². The maximum Gasteiger partial charge on any atom is 0.253 e. The second kappa shape index (κ2) is 8.25. The quantitative estimate of drug-likeness (QED) is 0.485. The zero-order valence-electron chi connectivity index (χ0n) is 16.6. The maximum absolute atomic E-state index is 13.3. The van der Waals surface area contributed by atoms with E-state index in [-0.39, 0.29) is 5.91 Å². The number of primary amides is 1. The van der Waals surface area contributed by atoms with Crippen LogP contribution in [0.4, 0.5) is 0 Å². The minimum absolute atomic E-state index is 0.299. The highest BCUT2D eigenvalue weighted by Gasteiger charge is 2.22. The first-order valence-electron chi connectivity index (χ1n) is 9.70. The summed E-state index contributed by atoms with van der Waals surface area (Å²) in [6.45, 7) is 0. The van der Waals surface area contributed by atoms with Crippen LogP contribution in [0.25, 0.3) is 21.5 Å². The van der Waals surface area contributed by atoms with Gasteiger partial charge in [0.25, 0.3) is 5.91 Å². The Morgan fingerprint density at radius 2 is 1.47 bits per heavy atom. The van der Waals surface area contributed by atoms with E-state index in [4.69, 9.17) is 10.5 Å². The SMILES string of the molecule is COc1ccc(C[C@@H](NC(=O)c2c3ccccc3cc3ccccc23)C(N)=O)cc1. The molecule has 4 rings (SSSR count). The molecular formula is C25H22N2O3. The zero-order valence-corrected chi connectivity index (χ0v) is 16.6. The van der Waals surface area contributed by atoms with Gasteiger partial charge in [0, 0.05) is 6.42 Å². The Labute approximate surface area is 174 Å². The lowest BCUT2D eigenvalue weighted by atomic mass is 9.95. The van der Waals surface area contributed by atoms with Gasteiger partial charge in [0.05, 0.1) is 12.7 Å². The molecule has 0 aliphatic heterocycles. The van der Waals surface area contributed by atoms with E-state index < -0.39 is 11.9 Å². The van der Waals surface area contributed by atoms with Gasteiger partial charge in [-0.2, -0.15) is 0 Å². The minimum Gasteiger partial charge on any atom is -0.497 e. The number of nitrogens with one attached hydrogen (secondary N) is 1. The lowest BCUT2D eigenvalue weighted by Gasteiger charge is -2.18. The molecule has 0 aromatic heterocycles. The van der Waals surface area contributed by atoms with Crippen LogP contribution in [0.1, 0.15) is 15.9 Å². The van der Waals surface area contributed by atoms with Crippen LogP contribution >= 0.6 is 0 Å². The summed E-state index contributed by atoms with van der Waals surface area (Å²) in [4.78, 5) is 25.4. The van der Waals surface area contributed by atoms with E-state index >= 15 is 0 Å². The molecule has 0 aliphatic carbocycles. The number of amides is 2.